The van der Waals surface area contributed by atoms with Crippen molar-refractivity contribution >= 4 is 0 Å². The summed E-state index contributed by atoms with van der Waals surface area (Å²) in [6.07, 6.45) is 23.2. The van der Waals surface area contributed by atoms with Crippen molar-refractivity contribution in [2.45, 2.75) is 108 Å². The Morgan fingerprint density at radius 2 is 0.667 bits per heavy atom. The van der Waals surface area contributed by atoms with Crippen molar-refractivity contribution < 1.29 is 8.97 Å². The topological polar surface area (TPSA) is 0 Å². The molecule has 8 fully saturated rings. The van der Waals surface area contributed by atoms with Gasteiger partial charge >= 0.3 is 0 Å². The normalized spacial score (nSPS) is 45.8. The molecular formula is C31H56N2+2. The molecule has 8 aliphatic carbocycles. The second-order valence-corrected chi connectivity index (χ2v) is 15.6. The second kappa shape index (κ2) is 8.79. The Labute approximate surface area is 206 Å². The van der Waals surface area contributed by atoms with Crippen LogP contribution in [-0.2, 0) is 0 Å². The van der Waals surface area contributed by atoms with Crippen LogP contribution < -0.4 is 0 Å². The van der Waals surface area contributed by atoms with Crippen molar-refractivity contribution in [3.05, 3.63) is 0 Å². The van der Waals surface area contributed by atoms with Crippen LogP contribution in [0.5, 0.6) is 0 Å². The molecule has 0 unspecified atom stereocenters. The molecule has 0 N–H and O–H groups in total. The maximum absolute atomic E-state index is 2.60. The number of unbranched alkanes of at least 4 members (excludes halogenated alkanes) is 4. The van der Waals surface area contributed by atoms with Crippen molar-refractivity contribution in [1.82, 2.24) is 0 Å². The zero-order chi connectivity index (χ0) is 22.8. The summed E-state index contributed by atoms with van der Waals surface area (Å²) in [6, 6.07) is 1.99. The third kappa shape index (κ3) is 4.47. The molecule has 0 aromatic carbocycles. The molecule has 2 nitrogen and oxygen atoms in total. The fraction of sp³-hybridized carbons (Fsp3) is 1.00. The van der Waals surface area contributed by atoms with E-state index in [1.54, 1.807) is 64.2 Å². The van der Waals surface area contributed by atoms with E-state index in [0.717, 1.165) is 59.4 Å². The van der Waals surface area contributed by atoms with Crippen molar-refractivity contribution in [2.24, 2.45) is 47.3 Å². The van der Waals surface area contributed by atoms with Crippen LogP contribution >= 0.6 is 0 Å². The van der Waals surface area contributed by atoms with Gasteiger partial charge in [0.05, 0.1) is 53.4 Å². The standard InChI is InChI=1S/C31H56N2/c1-32(2,30-26-14-22-12-23(16-26)17-27(30)15-22)10-8-6-5-7-9-11-33(3,4)31-28-18-24-13-25(20-28)21-29(31)19-24/h22-31H,5-21H2,1-4H3/q+2. The lowest BCUT2D eigenvalue weighted by atomic mass is 9.53. The highest BCUT2D eigenvalue weighted by molar-refractivity contribution is 5.00. The Bertz CT molecular complexity index is 579. The van der Waals surface area contributed by atoms with E-state index in [2.05, 4.69) is 28.2 Å². The molecule has 0 heterocycles. The number of rotatable bonds is 10. The SMILES string of the molecule is C[N+](C)(CCCCCCC[N+](C)(C)C1C2CC3CC(C2)CC1C3)C1C2CC3CC(C2)CC1C3. The van der Waals surface area contributed by atoms with Gasteiger partial charge in [-0.15, -0.1) is 0 Å². The van der Waals surface area contributed by atoms with Gasteiger partial charge in [0.2, 0.25) is 0 Å². The van der Waals surface area contributed by atoms with Gasteiger partial charge in [-0.25, -0.2) is 0 Å². The van der Waals surface area contributed by atoms with E-state index >= 15 is 0 Å². The first-order chi connectivity index (χ1) is 15.8. The first kappa shape index (κ1) is 23.3. The largest absolute Gasteiger partial charge is 0.326 e. The highest BCUT2D eigenvalue weighted by Gasteiger charge is 2.55. The van der Waals surface area contributed by atoms with Gasteiger partial charge < -0.3 is 8.97 Å². The fourth-order valence-corrected chi connectivity index (χ4v) is 11.9. The van der Waals surface area contributed by atoms with Crippen LogP contribution in [0.1, 0.15) is 96.3 Å². The lowest BCUT2D eigenvalue weighted by Crippen LogP contribution is -2.62. The zero-order valence-corrected chi connectivity index (χ0v) is 22.7. The maximum atomic E-state index is 2.60. The zero-order valence-electron chi connectivity index (χ0n) is 22.7. The summed E-state index contributed by atoms with van der Waals surface area (Å²) >= 11 is 0. The lowest BCUT2D eigenvalue weighted by Gasteiger charge is -2.58. The highest BCUT2D eigenvalue weighted by atomic mass is 15.3. The van der Waals surface area contributed by atoms with Gasteiger partial charge in [-0.3, -0.25) is 0 Å². The number of quaternary nitrogens is 2. The summed E-state index contributed by atoms with van der Waals surface area (Å²) in [6.45, 7) is 2.87. The molecule has 0 aromatic heterocycles. The molecule has 8 saturated carbocycles. The predicted molar refractivity (Wildman–Crippen MR) is 139 cm³/mol. The molecule has 33 heavy (non-hydrogen) atoms. The summed E-state index contributed by atoms with van der Waals surface area (Å²) in [4.78, 5) is 0. The minimum atomic E-state index is 0.997. The monoisotopic (exact) mass is 456 g/mol. The van der Waals surface area contributed by atoms with Gasteiger partial charge in [0.25, 0.3) is 0 Å². The van der Waals surface area contributed by atoms with E-state index in [9.17, 15) is 0 Å². The van der Waals surface area contributed by atoms with E-state index < -0.39 is 0 Å². The summed E-state index contributed by atoms with van der Waals surface area (Å²) in [5.41, 5.74) is 0. The second-order valence-electron chi connectivity index (χ2n) is 15.6. The Morgan fingerprint density at radius 1 is 0.394 bits per heavy atom. The van der Waals surface area contributed by atoms with E-state index in [1.165, 1.54) is 54.2 Å². The number of hydrogen-bond donors (Lipinski definition) is 0. The van der Waals surface area contributed by atoms with Gasteiger partial charge in [-0.2, -0.15) is 0 Å². The van der Waals surface area contributed by atoms with Crippen LogP contribution in [0, 0.1) is 47.3 Å². The first-order valence-electron chi connectivity index (χ1n) is 15.4. The molecular weight excluding hydrogens is 400 g/mol. The van der Waals surface area contributed by atoms with Gasteiger partial charge in [0, 0.05) is 23.7 Å². The summed E-state index contributed by atoms with van der Waals surface area (Å²) in [7, 11) is 10.4. The summed E-state index contributed by atoms with van der Waals surface area (Å²) in [5, 5.41) is 0. The quantitative estimate of drug-likeness (QED) is 0.252. The Morgan fingerprint density at radius 3 is 0.970 bits per heavy atom. The molecule has 0 aromatic rings. The van der Waals surface area contributed by atoms with Crippen molar-refractivity contribution in [2.75, 3.05) is 41.3 Å². The Kier molecular flexibility index (Phi) is 6.21. The van der Waals surface area contributed by atoms with Crippen LogP contribution in [0.25, 0.3) is 0 Å². The minimum absolute atomic E-state index is 0.997. The van der Waals surface area contributed by atoms with Crippen LogP contribution in [0.4, 0.5) is 0 Å². The number of hydrogen-bond acceptors (Lipinski definition) is 0. The van der Waals surface area contributed by atoms with Crippen LogP contribution in [0.2, 0.25) is 0 Å². The predicted octanol–water partition coefficient (Wildman–Crippen LogP) is 6.74. The van der Waals surface area contributed by atoms with Gasteiger partial charge in [-0.05, 0) is 114 Å². The van der Waals surface area contributed by atoms with Crippen molar-refractivity contribution in [1.29, 1.82) is 0 Å². The molecule has 0 aliphatic heterocycles. The van der Waals surface area contributed by atoms with Gasteiger partial charge in [0.15, 0.2) is 0 Å². The summed E-state index contributed by atoms with van der Waals surface area (Å²) < 4.78 is 2.68. The van der Waals surface area contributed by atoms with Crippen LogP contribution in [-0.4, -0.2) is 62.3 Å². The molecule has 0 saturated heterocycles. The van der Waals surface area contributed by atoms with Crippen molar-refractivity contribution in [3.8, 4) is 0 Å². The molecule has 188 valence electrons. The van der Waals surface area contributed by atoms with E-state index in [0.29, 0.717) is 0 Å². The first-order valence-corrected chi connectivity index (χ1v) is 15.4. The highest BCUT2D eigenvalue weighted by Crippen LogP contribution is 2.57. The lowest BCUT2D eigenvalue weighted by molar-refractivity contribution is -0.926. The molecule has 0 radical (unpaired) electrons. The average Bonchev–Trinajstić information content (AvgIpc) is 2.71. The molecule has 8 rings (SSSR count). The minimum Gasteiger partial charge on any atom is -0.326 e. The Balaban J connectivity index is 0.908. The van der Waals surface area contributed by atoms with E-state index in [1.807, 2.05) is 0 Å². The van der Waals surface area contributed by atoms with Crippen LogP contribution in [0.3, 0.4) is 0 Å². The van der Waals surface area contributed by atoms with Gasteiger partial charge in [-0.1, -0.05) is 6.42 Å². The van der Waals surface area contributed by atoms with E-state index in [-0.39, 0.29) is 0 Å². The molecule has 0 atom stereocenters. The molecule has 0 spiro atoms. The Hall–Kier alpha value is -0.0800. The molecule has 2 heteroatoms. The number of nitrogens with zero attached hydrogens (tertiary/aromatic N) is 2. The van der Waals surface area contributed by atoms with Crippen molar-refractivity contribution in [3.63, 3.8) is 0 Å². The third-order valence-electron chi connectivity index (χ3n) is 12.4. The van der Waals surface area contributed by atoms with Crippen LogP contribution in [0.15, 0.2) is 0 Å². The maximum Gasteiger partial charge on any atom is 0.0943 e. The third-order valence-corrected chi connectivity index (χ3v) is 12.4. The van der Waals surface area contributed by atoms with Gasteiger partial charge in [0.1, 0.15) is 0 Å². The molecule has 0 amide bonds. The smallest absolute Gasteiger partial charge is 0.0943 e. The summed E-state index contributed by atoms with van der Waals surface area (Å²) in [5.74, 6) is 8.75. The molecule has 8 bridgehead atoms. The molecule has 8 aliphatic rings. The average molecular weight is 457 g/mol. The fourth-order valence-electron chi connectivity index (χ4n) is 11.9. The van der Waals surface area contributed by atoms with E-state index in [4.69, 9.17) is 0 Å².